The second-order valence-corrected chi connectivity index (χ2v) is 2.78. The molecule has 0 amide bonds. The van der Waals surface area contributed by atoms with Crippen LogP contribution in [0.3, 0.4) is 0 Å². The first-order valence-corrected chi connectivity index (χ1v) is 4.60. The van der Waals surface area contributed by atoms with E-state index in [-0.39, 0.29) is 5.48 Å². The lowest BCUT2D eigenvalue weighted by Gasteiger charge is -2.00. The smallest absolute Gasteiger partial charge is 0.0644 e. The highest BCUT2D eigenvalue weighted by Gasteiger charge is 1.87. The predicted molar refractivity (Wildman–Crippen MR) is 53.4 cm³/mol. The average molecular weight is 174 g/mol. The molecule has 0 fully saturated rings. The summed E-state index contributed by atoms with van der Waals surface area (Å²) >= 11 is 0. The standard InChI is InChI=1S/C10H20O.H2O/c1-3-5-6-7-8-10-11-9-4-2;/h4H,2-3,5-10H2,1H3;1H2. The van der Waals surface area contributed by atoms with E-state index in [1.807, 2.05) is 0 Å². The average Bonchev–Trinajstić information content (AvgIpc) is 2.03. The summed E-state index contributed by atoms with van der Waals surface area (Å²) in [6, 6.07) is 0. The molecular weight excluding hydrogens is 152 g/mol. The minimum atomic E-state index is 0. The van der Waals surface area contributed by atoms with E-state index in [4.69, 9.17) is 4.74 Å². The normalized spacial score (nSPS) is 9.08. The molecule has 2 nitrogen and oxygen atoms in total. The van der Waals surface area contributed by atoms with Crippen LogP contribution in [-0.4, -0.2) is 18.7 Å². The molecule has 0 aliphatic heterocycles. The molecule has 0 aromatic rings. The molecule has 0 unspecified atom stereocenters. The maximum absolute atomic E-state index is 5.24. The molecule has 0 radical (unpaired) electrons. The van der Waals surface area contributed by atoms with Gasteiger partial charge in [0, 0.05) is 6.61 Å². The molecule has 2 N–H and O–H groups in total. The van der Waals surface area contributed by atoms with Gasteiger partial charge in [0.2, 0.25) is 0 Å². The highest BCUT2D eigenvalue weighted by atomic mass is 16.5. The van der Waals surface area contributed by atoms with Crippen LogP contribution in [0, 0.1) is 0 Å². The van der Waals surface area contributed by atoms with Gasteiger partial charge in [0.15, 0.2) is 0 Å². The van der Waals surface area contributed by atoms with Gasteiger partial charge in [0.05, 0.1) is 6.61 Å². The van der Waals surface area contributed by atoms with Crippen LogP contribution in [0.5, 0.6) is 0 Å². The third-order valence-corrected chi connectivity index (χ3v) is 1.63. The van der Waals surface area contributed by atoms with E-state index < -0.39 is 0 Å². The van der Waals surface area contributed by atoms with Gasteiger partial charge in [-0.2, -0.15) is 0 Å². The summed E-state index contributed by atoms with van der Waals surface area (Å²) in [6.45, 7) is 7.41. The van der Waals surface area contributed by atoms with Gasteiger partial charge in [0.25, 0.3) is 0 Å². The van der Waals surface area contributed by atoms with Crippen molar-refractivity contribution in [3.8, 4) is 0 Å². The number of ether oxygens (including phenoxy) is 1. The second-order valence-electron chi connectivity index (χ2n) is 2.78. The minimum absolute atomic E-state index is 0. The van der Waals surface area contributed by atoms with Gasteiger partial charge in [0.1, 0.15) is 0 Å². The Morgan fingerprint density at radius 1 is 1.17 bits per heavy atom. The van der Waals surface area contributed by atoms with Gasteiger partial charge in [-0.05, 0) is 6.42 Å². The molecule has 2 heteroatoms. The van der Waals surface area contributed by atoms with E-state index in [2.05, 4.69) is 13.5 Å². The maximum atomic E-state index is 5.24. The topological polar surface area (TPSA) is 40.7 Å². The number of hydrogen-bond acceptors (Lipinski definition) is 1. The van der Waals surface area contributed by atoms with Crippen LogP contribution in [0.15, 0.2) is 12.7 Å². The fourth-order valence-electron chi connectivity index (χ4n) is 0.974. The zero-order valence-electron chi connectivity index (χ0n) is 8.14. The van der Waals surface area contributed by atoms with E-state index in [1.165, 1.54) is 32.1 Å². The molecule has 0 aromatic heterocycles. The van der Waals surface area contributed by atoms with Crippen LogP contribution >= 0.6 is 0 Å². The highest BCUT2D eigenvalue weighted by molar-refractivity contribution is 4.63. The first kappa shape index (κ1) is 14.2. The molecule has 0 aliphatic rings. The van der Waals surface area contributed by atoms with Crippen LogP contribution in [-0.2, 0) is 4.74 Å². The lowest BCUT2D eigenvalue weighted by atomic mass is 10.2. The molecular formula is C10H22O2. The summed E-state index contributed by atoms with van der Waals surface area (Å²) in [4.78, 5) is 0. The lowest BCUT2D eigenvalue weighted by Crippen LogP contribution is -1.93. The lowest BCUT2D eigenvalue weighted by molar-refractivity contribution is 0.157. The molecule has 0 atom stereocenters. The zero-order valence-corrected chi connectivity index (χ0v) is 8.14. The maximum Gasteiger partial charge on any atom is 0.0644 e. The van der Waals surface area contributed by atoms with Gasteiger partial charge in [-0.3, -0.25) is 0 Å². The summed E-state index contributed by atoms with van der Waals surface area (Å²) in [5.41, 5.74) is 0. The van der Waals surface area contributed by atoms with Crippen molar-refractivity contribution >= 4 is 0 Å². The Hall–Kier alpha value is -0.340. The summed E-state index contributed by atoms with van der Waals surface area (Å²) in [5, 5.41) is 0. The van der Waals surface area contributed by atoms with Gasteiger partial charge in [-0.1, -0.05) is 38.7 Å². The third kappa shape index (κ3) is 12.3. The summed E-state index contributed by atoms with van der Waals surface area (Å²) in [6.07, 6.45) is 8.34. The Labute approximate surface area is 75.9 Å². The molecule has 0 rings (SSSR count). The Kier molecular flexibility index (Phi) is 15.7. The van der Waals surface area contributed by atoms with Crippen molar-refractivity contribution in [1.82, 2.24) is 0 Å². The SMILES string of the molecule is C=CCOCCCCCCC.O. The molecule has 0 bridgehead atoms. The summed E-state index contributed by atoms with van der Waals surface area (Å²) in [7, 11) is 0. The summed E-state index contributed by atoms with van der Waals surface area (Å²) < 4.78 is 5.24. The predicted octanol–water partition coefficient (Wildman–Crippen LogP) is 2.33. The van der Waals surface area contributed by atoms with Crippen LogP contribution in [0.1, 0.15) is 39.0 Å². The van der Waals surface area contributed by atoms with Crippen molar-refractivity contribution in [2.75, 3.05) is 13.2 Å². The first-order valence-electron chi connectivity index (χ1n) is 4.60. The largest absolute Gasteiger partial charge is 0.412 e. The van der Waals surface area contributed by atoms with Crippen molar-refractivity contribution in [2.45, 2.75) is 39.0 Å². The zero-order chi connectivity index (χ0) is 8.36. The van der Waals surface area contributed by atoms with E-state index in [0.29, 0.717) is 6.61 Å². The van der Waals surface area contributed by atoms with Crippen LogP contribution in [0.25, 0.3) is 0 Å². The Morgan fingerprint density at radius 3 is 2.42 bits per heavy atom. The van der Waals surface area contributed by atoms with Gasteiger partial charge < -0.3 is 10.2 Å². The van der Waals surface area contributed by atoms with Crippen molar-refractivity contribution in [2.24, 2.45) is 0 Å². The van der Waals surface area contributed by atoms with Crippen molar-refractivity contribution < 1.29 is 10.2 Å². The Morgan fingerprint density at radius 2 is 1.83 bits per heavy atom. The molecule has 0 saturated heterocycles. The van der Waals surface area contributed by atoms with Crippen molar-refractivity contribution in [1.29, 1.82) is 0 Å². The highest BCUT2D eigenvalue weighted by Crippen LogP contribution is 2.01. The Balaban J connectivity index is 0. The molecule has 0 aromatic carbocycles. The van der Waals surface area contributed by atoms with E-state index in [0.717, 1.165) is 6.61 Å². The third-order valence-electron chi connectivity index (χ3n) is 1.63. The van der Waals surface area contributed by atoms with Gasteiger partial charge in [-0.15, -0.1) is 6.58 Å². The summed E-state index contributed by atoms with van der Waals surface area (Å²) in [5.74, 6) is 0. The van der Waals surface area contributed by atoms with Crippen LogP contribution < -0.4 is 0 Å². The first-order chi connectivity index (χ1) is 5.41. The fourth-order valence-corrected chi connectivity index (χ4v) is 0.974. The molecule has 0 heterocycles. The molecule has 74 valence electrons. The van der Waals surface area contributed by atoms with E-state index in [1.54, 1.807) is 6.08 Å². The van der Waals surface area contributed by atoms with Crippen LogP contribution in [0.4, 0.5) is 0 Å². The molecule has 0 aliphatic carbocycles. The van der Waals surface area contributed by atoms with E-state index in [9.17, 15) is 0 Å². The van der Waals surface area contributed by atoms with Gasteiger partial charge >= 0.3 is 0 Å². The monoisotopic (exact) mass is 174 g/mol. The second kappa shape index (κ2) is 13.3. The van der Waals surface area contributed by atoms with Crippen LogP contribution in [0.2, 0.25) is 0 Å². The number of hydrogen-bond donors (Lipinski definition) is 0. The number of rotatable bonds is 8. The number of unbranched alkanes of at least 4 members (excludes halogenated alkanes) is 4. The fraction of sp³-hybridized carbons (Fsp3) is 0.800. The Bertz CT molecular complexity index is 81.9. The molecule has 0 saturated carbocycles. The minimum Gasteiger partial charge on any atom is -0.412 e. The molecule has 12 heavy (non-hydrogen) atoms. The molecule has 0 spiro atoms. The van der Waals surface area contributed by atoms with Crippen molar-refractivity contribution in [3.63, 3.8) is 0 Å². The van der Waals surface area contributed by atoms with E-state index >= 15 is 0 Å². The quantitative estimate of drug-likeness (QED) is 0.411. The van der Waals surface area contributed by atoms with Gasteiger partial charge in [-0.25, -0.2) is 0 Å². The van der Waals surface area contributed by atoms with Crippen molar-refractivity contribution in [3.05, 3.63) is 12.7 Å².